The number of benzene rings is 1. The SMILES string of the molecule is CC(N)CCC(=O)Nc1ccc(C(C)N2CCOCC2)cc1. The molecule has 0 saturated carbocycles. The van der Waals surface area contributed by atoms with Gasteiger partial charge in [-0.2, -0.15) is 0 Å². The predicted molar refractivity (Wildman–Crippen MR) is 88.8 cm³/mol. The topological polar surface area (TPSA) is 67.6 Å². The Balaban J connectivity index is 1.88. The Hall–Kier alpha value is -1.43. The lowest BCUT2D eigenvalue weighted by Gasteiger charge is -2.32. The molecule has 0 radical (unpaired) electrons. The fourth-order valence-corrected chi connectivity index (χ4v) is 2.60. The van der Waals surface area contributed by atoms with E-state index in [0.717, 1.165) is 32.0 Å². The van der Waals surface area contributed by atoms with Gasteiger partial charge in [0.2, 0.25) is 5.91 Å². The second-order valence-electron chi connectivity index (χ2n) is 6.01. The molecule has 5 heteroatoms. The molecule has 2 rings (SSSR count). The maximum atomic E-state index is 11.8. The third-order valence-electron chi connectivity index (χ3n) is 4.10. The van der Waals surface area contributed by atoms with Crippen LogP contribution < -0.4 is 11.1 Å². The first-order chi connectivity index (χ1) is 10.6. The number of carbonyl (C=O) groups excluding carboxylic acids is 1. The van der Waals surface area contributed by atoms with Crippen LogP contribution in [0.15, 0.2) is 24.3 Å². The Morgan fingerprint density at radius 2 is 1.91 bits per heavy atom. The van der Waals surface area contributed by atoms with Gasteiger partial charge >= 0.3 is 0 Å². The van der Waals surface area contributed by atoms with Gasteiger partial charge in [0.1, 0.15) is 0 Å². The normalized spacial score (nSPS) is 18.7. The Morgan fingerprint density at radius 1 is 1.27 bits per heavy atom. The maximum Gasteiger partial charge on any atom is 0.224 e. The number of carbonyl (C=O) groups is 1. The van der Waals surface area contributed by atoms with Crippen LogP contribution in [0.1, 0.15) is 38.3 Å². The van der Waals surface area contributed by atoms with E-state index < -0.39 is 0 Å². The Labute approximate surface area is 132 Å². The van der Waals surface area contributed by atoms with Crippen molar-refractivity contribution in [3.05, 3.63) is 29.8 Å². The summed E-state index contributed by atoms with van der Waals surface area (Å²) in [5.41, 5.74) is 7.76. The number of nitrogens with one attached hydrogen (secondary N) is 1. The van der Waals surface area contributed by atoms with Crippen LogP contribution in [-0.2, 0) is 9.53 Å². The lowest BCUT2D eigenvalue weighted by molar-refractivity contribution is -0.116. The molecule has 1 aromatic carbocycles. The molecule has 0 aliphatic carbocycles. The number of anilines is 1. The highest BCUT2D eigenvalue weighted by atomic mass is 16.5. The van der Waals surface area contributed by atoms with Crippen molar-refractivity contribution < 1.29 is 9.53 Å². The first kappa shape index (κ1) is 16.9. The summed E-state index contributed by atoms with van der Waals surface area (Å²) in [6.45, 7) is 7.67. The molecular weight excluding hydrogens is 278 g/mol. The summed E-state index contributed by atoms with van der Waals surface area (Å²) in [5, 5.41) is 2.91. The van der Waals surface area contributed by atoms with Gasteiger partial charge in [0.05, 0.1) is 13.2 Å². The molecule has 1 amide bonds. The highest BCUT2D eigenvalue weighted by Crippen LogP contribution is 2.22. The Kier molecular flexibility index (Phi) is 6.36. The first-order valence-corrected chi connectivity index (χ1v) is 8.03. The van der Waals surface area contributed by atoms with Gasteiger partial charge in [-0.25, -0.2) is 0 Å². The number of hydrogen-bond donors (Lipinski definition) is 2. The van der Waals surface area contributed by atoms with Crippen LogP contribution in [-0.4, -0.2) is 43.2 Å². The van der Waals surface area contributed by atoms with Gasteiger partial charge in [0, 0.05) is 37.3 Å². The molecule has 1 saturated heterocycles. The van der Waals surface area contributed by atoms with Crippen molar-refractivity contribution in [1.29, 1.82) is 0 Å². The average Bonchev–Trinajstić information content (AvgIpc) is 2.54. The van der Waals surface area contributed by atoms with Gasteiger partial charge in [0.25, 0.3) is 0 Å². The van der Waals surface area contributed by atoms with Crippen LogP contribution in [0.3, 0.4) is 0 Å². The largest absolute Gasteiger partial charge is 0.379 e. The van der Waals surface area contributed by atoms with E-state index in [4.69, 9.17) is 10.5 Å². The van der Waals surface area contributed by atoms with E-state index in [1.807, 2.05) is 19.1 Å². The van der Waals surface area contributed by atoms with Gasteiger partial charge in [-0.1, -0.05) is 12.1 Å². The van der Waals surface area contributed by atoms with E-state index in [1.165, 1.54) is 5.56 Å². The molecule has 3 N–H and O–H groups in total. The molecule has 0 bridgehead atoms. The number of ether oxygens (including phenoxy) is 1. The third kappa shape index (κ3) is 5.09. The van der Waals surface area contributed by atoms with Crippen molar-refractivity contribution in [3.63, 3.8) is 0 Å². The van der Waals surface area contributed by atoms with E-state index in [-0.39, 0.29) is 11.9 Å². The van der Waals surface area contributed by atoms with Crippen LogP contribution in [0.4, 0.5) is 5.69 Å². The Bertz CT molecular complexity index is 467. The molecule has 1 aliphatic rings. The summed E-state index contributed by atoms with van der Waals surface area (Å²) >= 11 is 0. The average molecular weight is 305 g/mol. The second kappa shape index (κ2) is 8.27. The van der Waals surface area contributed by atoms with Crippen LogP contribution in [0.2, 0.25) is 0 Å². The number of nitrogens with two attached hydrogens (primary N) is 1. The molecule has 1 fully saturated rings. The highest BCUT2D eigenvalue weighted by molar-refractivity contribution is 5.90. The summed E-state index contributed by atoms with van der Waals surface area (Å²) in [5.74, 6) is 0.0197. The van der Waals surface area contributed by atoms with E-state index in [1.54, 1.807) is 0 Å². The fourth-order valence-electron chi connectivity index (χ4n) is 2.60. The summed E-state index contributed by atoms with van der Waals surface area (Å²) in [6.07, 6.45) is 1.17. The van der Waals surface area contributed by atoms with Gasteiger partial charge in [-0.3, -0.25) is 9.69 Å². The lowest BCUT2D eigenvalue weighted by atomic mass is 10.1. The molecule has 1 heterocycles. The summed E-state index contributed by atoms with van der Waals surface area (Å²) < 4.78 is 5.39. The molecule has 2 atom stereocenters. The highest BCUT2D eigenvalue weighted by Gasteiger charge is 2.18. The third-order valence-corrected chi connectivity index (χ3v) is 4.10. The number of nitrogens with zero attached hydrogens (tertiary/aromatic N) is 1. The summed E-state index contributed by atoms with van der Waals surface area (Å²) in [4.78, 5) is 14.2. The van der Waals surface area contributed by atoms with Crippen molar-refractivity contribution >= 4 is 11.6 Å². The van der Waals surface area contributed by atoms with Gasteiger partial charge in [-0.05, 0) is 38.0 Å². The molecule has 0 aromatic heterocycles. The van der Waals surface area contributed by atoms with Crippen molar-refractivity contribution in [1.82, 2.24) is 4.90 Å². The van der Waals surface area contributed by atoms with E-state index in [2.05, 4.69) is 29.3 Å². The van der Waals surface area contributed by atoms with E-state index in [0.29, 0.717) is 18.9 Å². The second-order valence-corrected chi connectivity index (χ2v) is 6.01. The van der Waals surface area contributed by atoms with Crippen molar-refractivity contribution in [2.24, 2.45) is 5.73 Å². The van der Waals surface area contributed by atoms with E-state index in [9.17, 15) is 4.79 Å². The Morgan fingerprint density at radius 3 is 2.50 bits per heavy atom. The first-order valence-electron chi connectivity index (χ1n) is 8.03. The minimum absolute atomic E-state index is 0.0197. The molecule has 122 valence electrons. The maximum absolute atomic E-state index is 11.8. The van der Waals surface area contributed by atoms with Crippen LogP contribution in [0, 0.1) is 0 Å². The molecule has 22 heavy (non-hydrogen) atoms. The van der Waals surface area contributed by atoms with Crippen LogP contribution >= 0.6 is 0 Å². The number of morpholine rings is 1. The smallest absolute Gasteiger partial charge is 0.224 e. The standard InChI is InChI=1S/C17H27N3O2/c1-13(18)3-8-17(21)19-16-6-4-15(5-7-16)14(2)20-9-11-22-12-10-20/h4-7,13-14H,3,8-12,18H2,1-2H3,(H,19,21). The van der Waals surface area contributed by atoms with Crippen LogP contribution in [0.5, 0.6) is 0 Å². The lowest BCUT2D eigenvalue weighted by Crippen LogP contribution is -2.37. The van der Waals surface area contributed by atoms with Gasteiger partial charge < -0.3 is 15.8 Å². The minimum atomic E-state index is 0.0197. The van der Waals surface area contributed by atoms with Crippen LogP contribution in [0.25, 0.3) is 0 Å². The number of hydrogen-bond acceptors (Lipinski definition) is 4. The molecule has 0 spiro atoms. The zero-order valence-corrected chi connectivity index (χ0v) is 13.5. The van der Waals surface area contributed by atoms with Crippen molar-refractivity contribution in [2.45, 2.75) is 38.8 Å². The molecule has 5 nitrogen and oxygen atoms in total. The quantitative estimate of drug-likeness (QED) is 0.845. The summed E-state index contributed by atoms with van der Waals surface area (Å²) in [7, 11) is 0. The minimum Gasteiger partial charge on any atom is -0.379 e. The van der Waals surface area contributed by atoms with Crippen molar-refractivity contribution in [3.8, 4) is 0 Å². The predicted octanol–water partition coefficient (Wildman–Crippen LogP) is 2.15. The fraction of sp³-hybridized carbons (Fsp3) is 0.588. The summed E-state index contributed by atoms with van der Waals surface area (Å²) in [6, 6.07) is 8.53. The van der Waals surface area contributed by atoms with E-state index >= 15 is 0 Å². The molecular formula is C17H27N3O2. The zero-order valence-electron chi connectivity index (χ0n) is 13.5. The monoisotopic (exact) mass is 305 g/mol. The molecule has 1 aliphatic heterocycles. The number of amides is 1. The van der Waals surface area contributed by atoms with Crippen molar-refractivity contribution in [2.75, 3.05) is 31.6 Å². The number of rotatable bonds is 6. The van der Waals surface area contributed by atoms with Gasteiger partial charge in [0.15, 0.2) is 0 Å². The molecule has 2 unspecified atom stereocenters. The zero-order chi connectivity index (χ0) is 15.9. The van der Waals surface area contributed by atoms with Gasteiger partial charge in [-0.15, -0.1) is 0 Å². The molecule has 1 aromatic rings.